The van der Waals surface area contributed by atoms with Gasteiger partial charge in [-0.25, -0.2) is 0 Å². The molecule has 1 fully saturated rings. The van der Waals surface area contributed by atoms with E-state index in [2.05, 4.69) is 11.4 Å². The molecule has 1 aromatic carbocycles. The second kappa shape index (κ2) is 4.15. The molecule has 1 saturated carbocycles. The van der Waals surface area contributed by atoms with Crippen LogP contribution in [0, 0.1) is 11.3 Å². The number of hydrogen-bond donors (Lipinski definition) is 1. The molecule has 1 aromatic rings. The summed E-state index contributed by atoms with van der Waals surface area (Å²) in [6.45, 7) is 0. The van der Waals surface area contributed by atoms with Crippen molar-refractivity contribution in [3.8, 4) is 6.07 Å². The Morgan fingerprint density at radius 2 is 2.07 bits per heavy atom. The van der Waals surface area contributed by atoms with Crippen molar-refractivity contribution in [2.75, 3.05) is 5.32 Å². The minimum absolute atomic E-state index is 0.615. The van der Waals surface area contributed by atoms with Gasteiger partial charge in [-0.1, -0.05) is 18.9 Å². The molecular formula is C12H14N2. The van der Waals surface area contributed by atoms with Crippen LogP contribution in [0.15, 0.2) is 24.3 Å². The summed E-state index contributed by atoms with van der Waals surface area (Å²) in [4.78, 5) is 0. The Kier molecular flexibility index (Phi) is 2.69. The summed E-state index contributed by atoms with van der Waals surface area (Å²) < 4.78 is 0. The lowest BCUT2D eigenvalue weighted by atomic mass is 10.2. The Balaban J connectivity index is 2.05. The zero-order chi connectivity index (χ0) is 9.80. The Morgan fingerprint density at radius 1 is 1.29 bits per heavy atom. The number of nitrogens with zero attached hydrogens (tertiary/aromatic N) is 1. The van der Waals surface area contributed by atoms with Crippen molar-refractivity contribution >= 4 is 5.69 Å². The van der Waals surface area contributed by atoms with Crippen LogP contribution in [-0.4, -0.2) is 6.04 Å². The van der Waals surface area contributed by atoms with Crippen LogP contribution in [0.2, 0.25) is 0 Å². The van der Waals surface area contributed by atoms with Crippen molar-refractivity contribution < 1.29 is 0 Å². The summed E-state index contributed by atoms with van der Waals surface area (Å²) in [5, 5.41) is 12.2. The van der Waals surface area contributed by atoms with Crippen molar-refractivity contribution in [3.63, 3.8) is 0 Å². The van der Waals surface area contributed by atoms with Crippen LogP contribution in [0.25, 0.3) is 0 Å². The molecule has 0 aromatic heterocycles. The second-order valence-electron chi connectivity index (χ2n) is 3.82. The van der Waals surface area contributed by atoms with E-state index in [1.165, 1.54) is 25.7 Å². The smallest absolute Gasteiger partial charge is 0.0992 e. The molecule has 0 amide bonds. The highest BCUT2D eigenvalue weighted by Gasteiger charge is 2.14. The van der Waals surface area contributed by atoms with Gasteiger partial charge in [-0.15, -0.1) is 0 Å². The second-order valence-corrected chi connectivity index (χ2v) is 3.82. The number of rotatable bonds is 2. The Hall–Kier alpha value is -1.49. The zero-order valence-corrected chi connectivity index (χ0v) is 8.16. The highest BCUT2D eigenvalue weighted by atomic mass is 14.9. The Labute approximate surface area is 84.6 Å². The molecule has 0 radical (unpaired) electrons. The summed E-state index contributed by atoms with van der Waals surface area (Å²) in [5.74, 6) is 0. The van der Waals surface area contributed by atoms with Gasteiger partial charge in [0, 0.05) is 11.7 Å². The minimum atomic E-state index is 0.615. The third-order valence-electron chi connectivity index (χ3n) is 2.72. The third kappa shape index (κ3) is 2.05. The van der Waals surface area contributed by atoms with Crippen LogP contribution in [0.3, 0.4) is 0 Å². The van der Waals surface area contributed by atoms with E-state index < -0.39 is 0 Å². The van der Waals surface area contributed by atoms with Gasteiger partial charge in [-0.2, -0.15) is 5.26 Å². The topological polar surface area (TPSA) is 35.8 Å². The molecule has 2 rings (SSSR count). The average Bonchev–Trinajstić information content (AvgIpc) is 2.71. The van der Waals surface area contributed by atoms with Gasteiger partial charge in [0.2, 0.25) is 0 Å². The monoisotopic (exact) mass is 186 g/mol. The van der Waals surface area contributed by atoms with Crippen LogP contribution in [-0.2, 0) is 0 Å². The first-order chi connectivity index (χ1) is 6.88. The van der Waals surface area contributed by atoms with E-state index in [4.69, 9.17) is 5.26 Å². The molecule has 2 heteroatoms. The number of nitrogens with one attached hydrogen (secondary N) is 1. The lowest BCUT2D eigenvalue weighted by Gasteiger charge is -2.13. The lowest BCUT2D eigenvalue weighted by Crippen LogP contribution is -2.14. The van der Waals surface area contributed by atoms with Crippen LogP contribution in [0.4, 0.5) is 5.69 Å². The van der Waals surface area contributed by atoms with E-state index in [9.17, 15) is 0 Å². The van der Waals surface area contributed by atoms with E-state index in [-0.39, 0.29) is 0 Å². The lowest BCUT2D eigenvalue weighted by molar-refractivity contribution is 0.755. The van der Waals surface area contributed by atoms with Gasteiger partial charge in [-0.3, -0.25) is 0 Å². The van der Waals surface area contributed by atoms with Crippen LogP contribution in [0.5, 0.6) is 0 Å². The minimum Gasteiger partial charge on any atom is -0.382 e. The molecule has 1 aliphatic rings. The van der Waals surface area contributed by atoms with E-state index >= 15 is 0 Å². The maximum Gasteiger partial charge on any atom is 0.0992 e. The normalized spacial score (nSPS) is 16.5. The number of anilines is 1. The summed E-state index contributed by atoms with van der Waals surface area (Å²) in [6.07, 6.45) is 5.18. The van der Waals surface area contributed by atoms with E-state index in [1.54, 1.807) is 0 Å². The highest BCUT2D eigenvalue weighted by Crippen LogP contribution is 2.22. The van der Waals surface area contributed by atoms with Gasteiger partial charge >= 0.3 is 0 Å². The summed E-state index contributed by atoms with van der Waals surface area (Å²) >= 11 is 0. The van der Waals surface area contributed by atoms with Crippen molar-refractivity contribution in [1.29, 1.82) is 5.26 Å². The molecule has 0 spiro atoms. The van der Waals surface area contributed by atoms with Crippen LogP contribution in [0.1, 0.15) is 31.2 Å². The van der Waals surface area contributed by atoms with Crippen molar-refractivity contribution in [2.24, 2.45) is 0 Å². The fraction of sp³-hybridized carbons (Fsp3) is 0.417. The van der Waals surface area contributed by atoms with Gasteiger partial charge in [0.15, 0.2) is 0 Å². The quantitative estimate of drug-likeness (QED) is 0.770. The van der Waals surface area contributed by atoms with Gasteiger partial charge in [-0.05, 0) is 31.0 Å². The van der Waals surface area contributed by atoms with E-state index in [0.717, 1.165) is 11.3 Å². The van der Waals surface area contributed by atoms with Gasteiger partial charge < -0.3 is 5.32 Å². The molecule has 0 heterocycles. The van der Waals surface area contributed by atoms with Crippen molar-refractivity contribution in [3.05, 3.63) is 29.8 Å². The summed E-state index contributed by atoms with van der Waals surface area (Å²) in [7, 11) is 0. The van der Waals surface area contributed by atoms with Gasteiger partial charge in [0.05, 0.1) is 11.6 Å². The molecular weight excluding hydrogens is 172 g/mol. The van der Waals surface area contributed by atoms with Crippen molar-refractivity contribution in [1.82, 2.24) is 0 Å². The maximum atomic E-state index is 8.75. The third-order valence-corrected chi connectivity index (χ3v) is 2.72. The van der Waals surface area contributed by atoms with E-state index in [0.29, 0.717) is 6.04 Å². The SMILES string of the molecule is N#Cc1cccc(NC2CCCC2)c1. The molecule has 1 aliphatic carbocycles. The number of hydrogen-bond acceptors (Lipinski definition) is 2. The van der Waals surface area contributed by atoms with E-state index in [1.807, 2.05) is 24.3 Å². The highest BCUT2D eigenvalue weighted by molar-refractivity contribution is 5.49. The predicted octanol–water partition coefficient (Wildman–Crippen LogP) is 2.91. The molecule has 0 aliphatic heterocycles. The molecule has 0 saturated heterocycles. The predicted molar refractivity (Wildman–Crippen MR) is 57.0 cm³/mol. The van der Waals surface area contributed by atoms with Crippen LogP contribution < -0.4 is 5.32 Å². The standard InChI is InChI=1S/C12H14N2/c13-9-10-4-3-7-12(8-10)14-11-5-1-2-6-11/h3-4,7-8,11,14H,1-2,5-6H2. The average molecular weight is 186 g/mol. The number of benzene rings is 1. The summed E-state index contributed by atoms with van der Waals surface area (Å²) in [5.41, 5.74) is 1.81. The first-order valence-electron chi connectivity index (χ1n) is 5.15. The molecule has 0 atom stereocenters. The first kappa shape index (κ1) is 9.08. The molecule has 1 N–H and O–H groups in total. The molecule has 2 nitrogen and oxygen atoms in total. The fourth-order valence-electron chi connectivity index (χ4n) is 1.98. The Bertz CT molecular complexity index is 346. The molecule has 0 bridgehead atoms. The fourth-order valence-corrected chi connectivity index (χ4v) is 1.98. The van der Waals surface area contributed by atoms with Gasteiger partial charge in [0.1, 0.15) is 0 Å². The maximum absolute atomic E-state index is 8.75. The first-order valence-corrected chi connectivity index (χ1v) is 5.15. The molecule has 0 unspecified atom stereocenters. The molecule has 72 valence electrons. The van der Waals surface area contributed by atoms with Crippen molar-refractivity contribution in [2.45, 2.75) is 31.7 Å². The largest absolute Gasteiger partial charge is 0.382 e. The molecule has 14 heavy (non-hydrogen) atoms. The zero-order valence-electron chi connectivity index (χ0n) is 8.16. The number of nitriles is 1. The van der Waals surface area contributed by atoms with Crippen LogP contribution >= 0.6 is 0 Å². The Morgan fingerprint density at radius 3 is 2.79 bits per heavy atom. The summed E-state index contributed by atoms with van der Waals surface area (Å²) in [6, 6.07) is 10.5. The van der Waals surface area contributed by atoms with Gasteiger partial charge in [0.25, 0.3) is 0 Å².